The molecule has 0 spiro atoms. The summed E-state index contributed by atoms with van der Waals surface area (Å²) < 4.78 is 25.7. The Balaban J connectivity index is 2.48. The quantitative estimate of drug-likeness (QED) is 0.573. The topological polar surface area (TPSA) is 49.9 Å². The smallest absolute Gasteiger partial charge is 0.285 e. The van der Waals surface area contributed by atoms with Crippen molar-refractivity contribution in [3.63, 3.8) is 0 Å². The van der Waals surface area contributed by atoms with E-state index in [2.05, 4.69) is 4.28 Å². The van der Waals surface area contributed by atoms with E-state index in [0.29, 0.717) is 6.67 Å². The molecule has 0 saturated carbocycles. The molecule has 0 bridgehead atoms. The summed E-state index contributed by atoms with van der Waals surface area (Å²) in [6.45, 7) is 0.438. The van der Waals surface area contributed by atoms with Crippen molar-refractivity contribution >= 4 is 10.1 Å². The third kappa shape index (κ3) is 2.77. The molecular weight excluding hydrogens is 168 g/mol. The first-order valence-corrected chi connectivity index (χ1v) is 4.84. The number of nitrogens with zero attached hydrogens (tertiary/aromatic N) is 2. The fourth-order valence-electron chi connectivity index (χ4n) is 0.725. The highest BCUT2D eigenvalue weighted by atomic mass is 32.2. The van der Waals surface area contributed by atoms with Gasteiger partial charge in [0.25, 0.3) is 10.1 Å². The summed E-state index contributed by atoms with van der Waals surface area (Å²) in [5.41, 5.74) is 0. The molecule has 0 aromatic heterocycles. The van der Waals surface area contributed by atoms with Gasteiger partial charge < -0.3 is 4.90 Å². The normalized spacial score (nSPS) is 18.0. The molecule has 0 N–H and O–H groups in total. The molecule has 1 aliphatic heterocycles. The van der Waals surface area contributed by atoms with Gasteiger partial charge in [0.1, 0.15) is 6.67 Å². The van der Waals surface area contributed by atoms with Crippen molar-refractivity contribution in [1.82, 2.24) is 9.96 Å². The first-order chi connectivity index (χ1) is 4.97. The minimum absolute atomic E-state index is 0.438. The van der Waals surface area contributed by atoms with Gasteiger partial charge in [0, 0.05) is 19.4 Å². The van der Waals surface area contributed by atoms with Crippen LogP contribution in [0, 0.1) is 0 Å². The van der Waals surface area contributed by atoms with Crippen molar-refractivity contribution in [2.75, 3.05) is 20.0 Å². The van der Waals surface area contributed by atoms with Crippen molar-refractivity contribution in [3.05, 3.63) is 12.4 Å². The zero-order valence-corrected chi connectivity index (χ0v) is 7.21. The second kappa shape index (κ2) is 2.71. The van der Waals surface area contributed by atoms with Crippen LogP contribution in [0.5, 0.6) is 0 Å². The SMILES string of the molecule is CN1C=CN(OS(C)(=O)=O)C1. The van der Waals surface area contributed by atoms with E-state index in [4.69, 9.17) is 0 Å². The number of hydroxylamine groups is 2. The van der Waals surface area contributed by atoms with E-state index in [1.54, 1.807) is 17.3 Å². The maximum absolute atomic E-state index is 10.6. The Hall–Kier alpha value is -0.750. The van der Waals surface area contributed by atoms with E-state index in [1.165, 1.54) is 5.06 Å². The summed E-state index contributed by atoms with van der Waals surface area (Å²) in [5.74, 6) is 0. The molecular formula is C5H10N2O3S. The fraction of sp³-hybridized carbons (Fsp3) is 0.600. The molecule has 11 heavy (non-hydrogen) atoms. The number of rotatable bonds is 2. The van der Waals surface area contributed by atoms with E-state index in [1.807, 2.05) is 7.05 Å². The summed E-state index contributed by atoms with van der Waals surface area (Å²) in [4.78, 5) is 1.80. The number of hydrogen-bond acceptors (Lipinski definition) is 5. The maximum Gasteiger partial charge on any atom is 0.285 e. The lowest BCUT2D eigenvalue weighted by molar-refractivity contribution is -0.0108. The van der Waals surface area contributed by atoms with Crippen molar-refractivity contribution in [2.24, 2.45) is 0 Å². The standard InChI is InChI=1S/C5H10N2O3S/c1-6-3-4-7(5-6)10-11(2,8)9/h3-4H,5H2,1-2H3. The van der Waals surface area contributed by atoms with Crippen LogP contribution < -0.4 is 0 Å². The zero-order valence-electron chi connectivity index (χ0n) is 6.39. The molecule has 1 heterocycles. The zero-order chi connectivity index (χ0) is 8.48. The largest absolute Gasteiger partial charge is 0.360 e. The molecule has 0 aromatic rings. The molecule has 64 valence electrons. The van der Waals surface area contributed by atoms with E-state index in [0.717, 1.165) is 6.26 Å². The Morgan fingerprint density at radius 3 is 2.45 bits per heavy atom. The van der Waals surface area contributed by atoms with Crippen LogP contribution in [0.3, 0.4) is 0 Å². The van der Waals surface area contributed by atoms with Crippen molar-refractivity contribution < 1.29 is 12.7 Å². The van der Waals surface area contributed by atoms with Gasteiger partial charge in [0.15, 0.2) is 0 Å². The molecule has 0 unspecified atom stereocenters. The first kappa shape index (κ1) is 8.35. The molecule has 0 aromatic carbocycles. The molecule has 1 rings (SSSR count). The van der Waals surface area contributed by atoms with Crippen LogP contribution in [0.4, 0.5) is 0 Å². The van der Waals surface area contributed by atoms with Crippen LogP contribution >= 0.6 is 0 Å². The molecule has 1 aliphatic rings. The number of hydrogen-bond donors (Lipinski definition) is 0. The molecule has 0 saturated heterocycles. The van der Waals surface area contributed by atoms with Crippen LogP contribution in [-0.2, 0) is 14.4 Å². The van der Waals surface area contributed by atoms with Gasteiger partial charge in [-0.05, 0) is 0 Å². The average Bonchev–Trinajstić information content (AvgIpc) is 2.10. The van der Waals surface area contributed by atoms with Gasteiger partial charge in [-0.3, -0.25) is 0 Å². The predicted molar refractivity (Wildman–Crippen MR) is 39.5 cm³/mol. The maximum atomic E-state index is 10.6. The first-order valence-electron chi connectivity index (χ1n) is 3.02. The fourth-order valence-corrected chi connectivity index (χ4v) is 1.17. The van der Waals surface area contributed by atoms with Gasteiger partial charge in [-0.1, -0.05) is 0 Å². The van der Waals surface area contributed by atoms with Crippen LogP contribution in [0.2, 0.25) is 0 Å². The van der Waals surface area contributed by atoms with Crippen LogP contribution in [0.25, 0.3) is 0 Å². The Bertz CT molecular complexity index is 259. The second-order valence-electron chi connectivity index (χ2n) is 2.39. The van der Waals surface area contributed by atoms with Gasteiger partial charge in [-0.2, -0.15) is 8.42 Å². The summed E-state index contributed by atoms with van der Waals surface area (Å²) in [6.07, 6.45) is 4.30. The van der Waals surface area contributed by atoms with Gasteiger partial charge in [0.2, 0.25) is 0 Å². The van der Waals surface area contributed by atoms with Gasteiger partial charge in [-0.25, -0.2) is 5.06 Å². The minimum Gasteiger partial charge on any atom is -0.360 e. The van der Waals surface area contributed by atoms with Gasteiger partial charge in [0.05, 0.1) is 6.26 Å². The summed E-state index contributed by atoms with van der Waals surface area (Å²) >= 11 is 0. The lowest BCUT2D eigenvalue weighted by atomic mass is 10.9. The van der Waals surface area contributed by atoms with Crippen molar-refractivity contribution in [2.45, 2.75) is 0 Å². The van der Waals surface area contributed by atoms with Crippen molar-refractivity contribution in [1.29, 1.82) is 0 Å². The molecule has 0 atom stereocenters. The molecule has 0 amide bonds. The van der Waals surface area contributed by atoms with E-state index in [9.17, 15) is 8.42 Å². The molecule has 0 fully saturated rings. The Kier molecular flexibility index (Phi) is 2.05. The molecule has 0 aliphatic carbocycles. The molecule has 6 heteroatoms. The third-order valence-electron chi connectivity index (χ3n) is 1.08. The van der Waals surface area contributed by atoms with E-state index in [-0.39, 0.29) is 0 Å². The summed E-state index contributed by atoms with van der Waals surface area (Å²) in [5, 5.41) is 1.25. The highest BCUT2D eigenvalue weighted by Gasteiger charge is 2.13. The van der Waals surface area contributed by atoms with E-state index >= 15 is 0 Å². The average molecular weight is 178 g/mol. The lowest BCUT2D eigenvalue weighted by Crippen LogP contribution is -2.25. The predicted octanol–water partition coefficient (Wildman–Crippen LogP) is -0.446. The highest BCUT2D eigenvalue weighted by Crippen LogP contribution is 2.05. The second-order valence-corrected chi connectivity index (χ2v) is 3.95. The highest BCUT2D eigenvalue weighted by molar-refractivity contribution is 7.85. The Labute approximate surface area is 65.9 Å². The molecule has 5 nitrogen and oxygen atoms in total. The lowest BCUT2D eigenvalue weighted by Gasteiger charge is -2.14. The Morgan fingerprint density at radius 1 is 1.45 bits per heavy atom. The molecule has 0 radical (unpaired) electrons. The van der Waals surface area contributed by atoms with Crippen LogP contribution in [0.15, 0.2) is 12.4 Å². The van der Waals surface area contributed by atoms with Crippen LogP contribution in [-0.4, -0.2) is 38.4 Å². The monoisotopic (exact) mass is 178 g/mol. The van der Waals surface area contributed by atoms with E-state index < -0.39 is 10.1 Å². The summed E-state index contributed by atoms with van der Waals surface area (Å²) in [6, 6.07) is 0. The Morgan fingerprint density at radius 2 is 2.09 bits per heavy atom. The van der Waals surface area contributed by atoms with Crippen LogP contribution in [0.1, 0.15) is 0 Å². The van der Waals surface area contributed by atoms with Gasteiger partial charge >= 0.3 is 0 Å². The summed E-state index contributed by atoms with van der Waals surface area (Å²) in [7, 11) is -1.56. The third-order valence-corrected chi connectivity index (χ3v) is 1.54. The van der Waals surface area contributed by atoms with Gasteiger partial charge in [-0.15, -0.1) is 4.28 Å². The minimum atomic E-state index is -3.38. The van der Waals surface area contributed by atoms with Crippen molar-refractivity contribution in [3.8, 4) is 0 Å².